The van der Waals surface area contributed by atoms with Crippen molar-refractivity contribution in [3.05, 3.63) is 54.6 Å². The van der Waals surface area contributed by atoms with E-state index in [2.05, 4.69) is 29.6 Å². The van der Waals surface area contributed by atoms with Crippen LogP contribution in [0.5, 0.6) is 5.75 Å². The summed E-state index contributed by atoms with van der Waals surface area (Å²) in [7, 11) is 1.66. The van der Waals surface area contributed by atoms with Gasteiger partial charge < -0.3 is 10.1 Å². The van der Waals surface area contributed by atoms with Crippen LogP contribution in [0.2, 0.25) is 0 Å². The molecule has 2 aromatic carbocycles. The first-order valence-electron chi connectivity index (χ1n) is 10.7. The molecule has 0 bridgehead atoms. The van der Waals surface area contributed by atoms with E-state index in [-0.39, 0.29) is 5.91 Å². The second-order valence-electron chi connectivity index (χ2n) is 7.85. The predicted octanol–water partition coefficient (Wildman–Crippen LogP) is 5.70. The van der Waals surface area contributed by atoms with Crippen LogP contribution in [0.1, 0.15) is 32.1 Å². The Labute approximate surface area is 182 Å². The molecule has 1 fully saturated rings. The summed E-state index contributed by atoms with van der Waals surface area (Å²) in [5.74, 6) is 1.88. The van der Waals surface area contributed by atoms with Crippen LogP contribution < -0.4 is 10.1 Å². The maximum atomic E-state index is 12.4. The van der Waals surface area contributed by atoms with Gasteiger partial charge >= 0.3 is 0 Å². The van der Waals surface area contributed by atoms with Gasteiger partial charge in [-0.3, -0.25) is 4.79 Å². The highest BCUT2D eigenvalue weighted by molar-refractivity contribution is 7.99. The number of carbonyl (C=O) groups is 1. The zero-order valence-electron chi connectivity index (χ0n) is 17.4. The van der Waals surface area contributed by atoms with Gasteiger partial charge in [-0.1, -0.05) is 61.4 Å². The van der Waals surface area contributed by atoms with Crippen molar-refractivity contribution < 1.29 is 9.53 Å². The second-order valence-corrected chi connectivity index (χ2v) is 8.85. The summed E-state index contributed by atoms with van der Waals surface area (Å²) in [6, 6.07) is 18.3. The van der Waals surface area contributed by atoms with Crippen LogP contribution in [-0.4, -0.2) is 30.3 Å². The minimum Gasteiger partial charge on any atom is -0.497 e. The number of amides is 1. The summed E-state index contributed by atoms with van der Waals surface area (Å²) < 4.78 is 5.38. The Balaban J connectivity index is 1.51. The van der Waals surface area contributed by atoms with Crippen LogP contribution in [0.15, 0.2) is 59.6 Å². The van der Waals surface area contributed by atoms with E-state index in [9.17, 15) is 4.79 Å². The maximum absolute atomic E-state index is 12.4. The number of pyridine rings is 1. The number of hydrogen-bond donors (Lipinski definition) is 1. The monoisotopic (exact) mass is 420 g/mol. The number of aromatic nitrogens is 1. The summed E-state index contributed by atoms with van der Waals surface area (Å²) in [4.78, 5) is 17.2. The topological polar surface area (TPSA) is 51.2 Å². The van der Waals surface area contributed by atoms with Crippen LogP contribution in [0.4, 0.5) is 0 Å². The third-order valence-electron chi connectivity index (χ3n) is 5.74. The van der Waals surface area contributed by atoms with Crippen LogP contribution in [0.25, 0.3) is 22.0 Å². The van der Waals surface area contributed by atoms with Crippen molar-refractivity contribution in [2.45, 2.75) is 37.1 Å². The van der Waals surface area contributed by atoms with Crippen molar-refractivity contribution >= 4 is 28.6 Å². The van der Waals surface area contributed by atoms with Gasteiger partial charge in [0, 0.05) is 18.0 Å². The average molecular weight is 421 g/mol. The van der Waals surface area contributed by atoms with Crippen LogP contribution in [0, 0.1) is 5.92 Å². The van der Waals surface area contributed by atoms with E-state index in [0.29, 0.717) is 11.7 Å². The highest BCUT2D eigenvalue weighted by atomic mass is 32.2. The summed E-state index contributed by atoms with van der Waals surface area (Å²) in [5.41, 5.74) is 3.13. The molecule has 5 heteroatoms. The molecule has 1 aliphatic rings. The van der Waals surface area contributed by atoms with E-state index < -0.39 is 0 Å². The second kappa shape index (κ2) is 9.98. The van der Waals surface area contributed by atoms with E-state index >= 15 is 0 Å². The first-order chi connectivity index (χ1) is 14.7. The van der Waals surface area contributed by atoms with Gasteiger partial charge in [0.25, 0.3) is 0 Å². The average Bonchev–Trinajstić information content (AvgIpc) is 2.81. The van der Waals surface area contributed by atoms with Crippen molar-refractivity contribution in [3.63, 3.8) is 0 Å². The first-order valence-corrected chi connectivity index (χ1v) is 11.7. The highest BCUT2D eigenvalue weighted by Crippen LogP contribution is 2.33. The lowest BCUT2D eigenvalue weighted by atomic mass is 9.89. The van der Waals surface area contributed by atoms with Crippen LogP contribution in [0.3, 0.4) is 0 Å². The molecule has 1 saturated carbocycles. The van der Waals surface area contributed by atoms with Gasteiger partial charge in [-0.2, -0.15) is 0 Å². The molecule has 1 N–H and O–H groups in total. The van der Waals surface area contributed by atoms with E-state index in [0.717, 1.165) is 39.4 Å². The minimum atomic E-state index is 0.0828. The molecule has 0 unspecified atom stereocenters. The van der Waals surface area contributed by atoms with Crippen molar-refractivity contribution in [1.29, 1.82) is 0 Å². The Morgan fingerprint density at radius 1 is 1.10 bits per heavy atom. The lowest BCUT2D eigenvalue weighted by Gasteiger charge is -2.21. The summed E-state index contributed by atoms with van der Waals surface area (Å²) in [6.07, 6.45) is 6.40. The van der Waals surface area contributed by atoms with Crippen molar-refractivity contribution in [1.82, 2.24) is 10.3 Å². The number of hydrogen-bond acceptors (Lipinski definition) is 4. The quantitative estimate of drug-likeness (QED) is 0.498. The lowest BCUT2D eigenvalue weighted by molar-refractivity contribution is -0.118. The third kappa shape index (κ3) is 5.14. The fourth-order valence-electron chi connectivity index (χ4n) is 4.08. The molecule has 1 aliphatic carbocycles. The Bertz CT molecular complexity index is 1000. The molecule has 1 heterocycles. The Hall–Kier alpha value is -2.53. The normalized spacial score (nSPS) is 14.6. The third-order valence-corrected chi connectivity index (χ3v) is 6.65. The zero-order valence-corrected chi connectivity index (χ0v) is 18.2. The minimum absolute atomic E-state index is 0.0828. The molecule has 1 aromatic heterocycles. The van der Waals surface area contributed by atoms with Crippen LogP contribution >= 0.6 is 11.8 Å². The number of nitrogens with zero attached hydrogens (tertiary/aromatic N) is 1. The molecular weight excluding hydrogens is 392 g/mol. The van der Waals surface area contributed by atoms with Crippen molar-refractivity contribution in [3.8, 4) is 16.9 Å². The number of fused-ring (bicyclic) bond motifs is 1. The van der Waals surface area contributed by atoms with Gasteiger partial charge in [0.05, 0.1) is 23.4 Å². The number of carbonyl (C=O) groups excluding carboxylic acids is 1. The molecule has 0 aliphatic heterocycles. The number of ether oxygens (including phenoxy) is 1. The molecule has 0 spiro atoms. The van der Waals surface area contributed by atoms with Gasteiger partial charge in [-0.15, -0.1) is 0 Å². The summed E-state index contributed by atoms with van der Waals surface area (Å²) in [6.45, 7) is 0.803. The molecule has 1 amide bonds. The first kappa shape index (κ1) is 20.7. The smallest absolute Gasteiger partial charge is 0.230 e. The molecule has 0 radical (unpaired) electrons. The number of methoxy groups -OCH3 is 1. The molecule has 0 atom stereocenters. The molecule has 3 aromatic rings. The predicted molar refractivity (Wildman–Crippen MR) is 124 cm³/mol. The van der Waals surface area contributed by atoms with E-state index in [1.54, 1.807) is 7.11 Å². The molecule has 4 nitrogen and oxygen atoms in total. The summed E-state index contributed by atoms with van der Waals surface area (Å²) in [5, 5.41) is 5.04. The Morgan fingerprint density at radius 2 is 1.90 bits per heavy atom. The Morgan fingerprint density at radius 3 is 2.67 bits per heavy atom. The number of nitrogens with one attached hydrogen (secondary N) is 1. The van der Waals surface area contributed by atoms with E-state index in [1.165, 1.54) is 43.9 Å². The molecule has 0 saturated heterocycles. The summed E-state index contributed by atoms with van der Waals surface area (Å²) >= 11 is 1.49. The highest BCUT2D eigenvalue weighted by Gasteiger charge is 2.15. The molecule has 156 valence electrons. The standard InChI is InChI=1S/C25H28N2O2S/c1-29-20-12-13-21-22(19-10-6-3-7-11-19)15-25(27-23(21)14-20)30-17-24(28)26-16-18-8-4-2-5-9-18/h3,6-7,10-15,18H,2,4-5,8-9,16-17H2,1H3,(H,26,28). The number of rotatable bonds is 7. The van der Waals surface area contributed by atoms with Gasteiger partial charge in [-0.25, -0.2) is 4.98 Å². The zero-order chi connectivity index (χ0) is 20.8. The maximum Gasteiger partial charge on any atom is 0.230 e. The molecular formula is C25H28N2O2S. The fourth-order valence-corrected chi connectivity index (χ4v) is 4.83. The largest absolute Gasteiger partial charge is 0.497 e. The van der Waals surface area contributed by atoms with Crippen molar-refractivity contribution in [2.24, 2.45) is 5.92 Å². The van der Waals surface area contributed by atoms with E-state index in [1.807, 2.05) is 30.3 Å². The Kier molecular flexibility index (Phi) is 6.90. The molecule has 30 heavy (non-hydrogen) atoms. The van der Waals surface area contributed by atoms with Gasteiger partial charge in [0.15, 0.2) is 0 Å². The van der Waals surface area contributed by atoms with Gasteiger partial charge in [0.2, 0.25) is 5.91 Å². The van der Waals surface area contributed by atoms with Gasteiger partial charge in [0.1, 0.15) is 5.75 Å². The number of thioether (sulfide) groups is 1. The fraction of sp³-hybridized carbons (Fsp3) is 0.360. The number of benzene rings is 2. The SMILES string of the molecule is COc1ccc2c(-c3ccccc3)cc(SCC(=O)NCC3CCCCC3)nc2c1. The van der Waals surface area contributed by atoms with Crippen LogP contribution in [-0.2, 0) is 4.79 Å². The lowest BCUT2D eigenvalue weighted by Crippen LogP contribution is -2.31. The van der Waals surface area contributed by atoms with Crippen molar-refractivity contribution in [2.75, 3.05) is 19.4 Å². The van der Waals surface area contributed by atoms with E-state index in [4.69, 9.17) is 9.72 Å². The van der Waals surface area contributed by atoms with Gasteiger partial charge in [-0.05, 0) is 48.1 Å². The molecule has 4 rings (SSSR count).